The first-order chi connectivity index (χ1) is 6.66. The fraction of sp³-hybridized carbons (Fsp3) is 0.364. The highest BCUT2D eigenvalue weighted by atomic mass is 35.5. The first-order valence-corrected chi connectivity index (χ1v) is 5.15. The van der Waals surface area contributed by atoms with Gasteiger partial charge in [0.05, 0.1) is 17.5 Å². The zero-order valence-corrected chi connectivity index (χ0v) is 9.12. The maximum Gasteiger partial charge on any atom is 0.0995 e. The van der Waals surface area contributed by atoms with Gasteiger partial charge in [-0.3, -0.25) is 0 Å². The number of pyridine rings is 1. The monoisotopic (exact) mass is 208 g/mol. The maximum absolute atomic E-state index is 5.94. The van der Waals surface area contributed by atoms with Crippen LogP contribution in [0, 0.1) is 5.92 Å². The lowest BCUT2D eigenvalue weighted by Gasteiger charge is -2.02. The normalized spacial score (nSPS) is 11.4. The number of imidazole rings is 1. The van der Waals surface area contributed by atoms with Crippen LogP contribution in [0.1, 0.15) is 19.5 Å². The van der Waals surface area contributed by atoms with Gasteiger partial charge in [0.1, 0.15) is 0 Å². The number of nitrogens with zero attached hydrogens (tertiary/aromatic N) is 2. The second-order valence-electron chi connectivity index (χ2n) is 3.93. The molecule has 0 atom stereocenters. The number of rotatable bonds is 2. The molecule has 0 saturated carbocycles. The summed E-state index contributed by atoms with van der Waals surface area (Å²) >= 11 is 5.94. The molecule has 2 heterocycles. The lowest BCUT2D eigenvalue weighted by molar-refractivity contribution is 0.640. The molecule has 0 aliphatic carbocycles. The van der Waals surface area contributed by atoms with Crippen LogP contribution in [0.15, 0.2) is 24.7 Å². The molecule has 0 aliphatic rings. The van der Waals surface area contributed by atoms with Crippen molar-refractivity contribution >= 4 is 17.1 Å². The van der Waals surface area contributed by atoms with Crippen LogP contribution in [0.25, 0.3) is 5.52 Å². The van der Waals surface area contributed by atoms with E-state index in [1.54, 1.807) is 0 Å². The van der Waals surface area contributed by atoms with Crippen LogP contribution >= 0.6 is 11.6 Å². The van der Waals surface area contributed by atoms with Crippen molar-refractivity contribution in [1.82, 2.24) is 9.38 Å². The van der Waals surface area contributed by atoms with Gasteiger partial charge in [0, 0.05) is 11.2 Å². The smallest absolute Gasteiger partial charge is 0.0995 e. The third-order valence-corrected chi connectivity index (χ3v) is 2.42. The third-order valence-electron chi connectivity index (χ3n) is 2.18. The molecule has 2 aromatic rings. The van der Waals surface area contributed by atoms with Crippen molar-refractivity contribution in [3.05, 3.63) is 35.4 Å². The summed E-state index contributed by atoms with van der Waals surface area (Å²) in [5.74, 6) is 0.618. The van der Waals surface area contributed by atoms with E-state index in [0.717, 1.165) is 22.7 Å². The SMILES string of the molecule is CC(C)Cc1ncn2ccc(Cl)cc12. The maximum atomic E-state index is 5.94. The molecular weight excluding hydrogens is 196 g/mol. The molecule has 3 heteroatoms. The average molecular weight is 209 g/mol. The first kappa shape index (κ1) is 9.53. The van der Waals surface area contributed by atoms with Gasteiger partial charge in [-0.1, -0.05) is 25.4 Å². The summed E-state index contributed by atoms with van der Waals surface area (Å²) in [7, 11) is 0. The second-order valence-corrected chi connectivity index (χ2v) is 4.36. The number of hydrogen-bond donors (Lipinski definition) is 0. The van der Waals surface area contributed by atoms with Crippen LogP contribution in [0.2, 0.25) is 5.02 Å². The number of hydrogen-bond acceptors (Lipinski definition) is 1. The largest absolute Gasteiger partial charge is 0.306 e. The summed E-state index contributed by atoms with van der Waals surface area (Å²) < 4.78 is 2.00. The van der Waals surface area contributed by atoms with Gasteiger partial charge >= 0.3 is 0 Å². The van der Waals surface area contributed by atoms with Crippen LogP contribution < -0.4 is 0 Å². The van der Waals surface area contributed by atoms with Gasteiger partial charge in [0.25, 0.3) is 0 Å². The van der Waals surface area contributed by atoms with E-state index >= 15 is 0 Å². The van der Waals surface area contributed by atoms with Gasteiger partial charge in [-0.2, -0.15) is 0 Å². The molecule has 2 nitrogen and oxygen atoms in total. The van der Waals surface area contributed by atoms with E-state index < -0.39 is 0 Å². The highest BCUT2D eigenvalue weighted by Crippen LogP contribution is 2.17. The third kappa shape index (κ3) is 1.75. The number of fused-ring (bicyclic) bond motifs is 1. The average Bonchev–Trinajstić information content (AvgIpc) is 2.47. The zero-order chi connectivity index (χ0) is 10.1. The molecule has 74 valence electrons. The Kier molecular flexibility index (Phi) is 2.46. The molecule has 0 bridgehead atoms. The number of aromatic nitrogens is 2. The molecule has 0 radical (unpaired) electrons. The Balaban J connectivity index is 2.50. The van der Waals surface area contributed by atoms with E-state index in [4.69, 9.17) is 11.6 Å². The molecule has 0 unspecified atom stereocenters. The molecule has 0 aliphatic heterocycles. The predicted molar refractivity (Wildman–Crippen MR) is 58.7 cm³/mol. The topological polar surface area (TPSA) is 17.3 Å². The number of halogens is 1. The van der Waals surface area contributed by atoms with Crippen molar-refractivity contribution in [2.45, 2.75) is 20.3 Å². The second kappa shape index (κ2) is 3.62. The Morgan fingerprint density at radius 1 is 1.50 bits per heavy atom. The molecule has 14 heavy (non-hydrogen) atoms. The minimum absolute atomic E-state index is 0.618. The van der Waals surface area contributed by atoms with Crippen LogP contribution in [0.3, 0.4) is 0 Å². The Labute approximate surface area is 88.5 Å². The van der Waals surface area contributed by atoms with Crippen molar-refractivity contribution in [3.63, 3.8) is 0 Å². The summed E-state index contributed by atoms with van der Waals surface area (Å²) in [4.78, 5) is 4.38. The zero-order valence-electron chi connectivity index (χ0n) is 8.37. The predicted octanol–water partition coefficient (Wildman–Crippen LogP) is 3.19. The van der Waals surface area contributed by atoms with Crippen molar-refractivity contribution < 1.29 is 0 Å². The van der Waals surface area contributed by atoms with Gasteiger partial charge < -0.3 is 4.40 Å². The molecule has 2 rings (SSSR count). The van der Waals surface area contributed by atoms with Crippen LogP contribution in [0.4, 0.5) is 0 Å². The summed E-state index contributed by atoms with van der Waals surface area (Å²) in [5.41, 5.74) is 2.24. The molecular formula is C11H13ClN2. The van der Waals surface area contributed by atoms with E-state index in [-0.39, 0.29) is 0 Å². The Bertz CT molecular complexity index is 445. The molecule has 0 N–H and O–H groups in total. The highest BCUT2D eigenvalue weighted by Gasteiger charge is 2.06. The summed E-state index contributed by atoms with van der Waals surface area (Å²) in [6.07, 6.45) is 4.77. The summed E-state index contributed by atoms with van der Waals surface area (Å²) in [5, 5.41) is 0.767. The van der Waals surface area contributed by atoms with Crippen molar-refractivity contribution in [2.24, 2.45) is 5.92 Å². The first-order valence-electron chi connectivity index (χ1n) is 4.78. The van der Waals surface area contributed by atoms with E-state index in [9.17, 15) is 0 Å². The van der Waals surface area contributed by atoms with Crippen LogP contribution in [-0.2, 0) is 6.42 Å². The van der Waals surface area contributed by atoms with Gasteiger partial charge in [-0.15, -0.1) is 0 Å². The van der Waals surface area contributed by atoms with Crippen molar-refractivity contribution in [2.75, 3.05) is 0 Å². The molecule has 0 saturated heterocycles. The molecule has 0 aromatic carbocycles. The van der Waals surface area contributed by atoms with Gasteiger partial charge in [0.15, 0.2) is 0 Å². The standard InChI is InChI=1S/C11H13ClN2/c1-8(2)5-10-11-6-9(12)3-4-14(11)7-13-10/h3-4,6-8H,5H2,1-2H3. The van der Waals surface area contributed by atoms with E-state index in [0.29, 0.717) is 5.92 Å². The Hall–Kier alpha value is -1.02. The van der Waals surface area contributed by atoms with Gasteiger partial charge in [-0.05, 0) is 24.5 Å². The lowest BCUT2D eigenvalue weighted by Crippen LogP contribution is -1.95. The molecule has 0 fully saturated rings. The molecule has 0 amide bonds. The fourth-order valence-corrected chi connectivity index (χ4v) is 1.72. The quantitative estimate of drug-likeness (QED) is 0.741. The molecule has 0 spiro atoms. The summed E-state index contributed by atoms with van der Waals surface area (Å²) in [6, 6.07) is 3.83. The Morgan fingerprint density at radius 2 is 2.29 bits per heavy atom. The van der Waals surface area contributed by atoms with Crippen molar-refractivity contribution in [1.29, 1.82) is 0 Å². The Morgan fingerprint density at radius 3 is 3.00 bits per heavy atom. The van der Waals surface area contributed by atoms with Gasteiger partial charge in [-0.25, -0.2) is 4.98 Å². The minimum atomic E-state index is 0.618. The van der Waals surface area contributed by atoms with Crippen molar-refractivity contribution in [3.8, 4) is 0 Å². The fourth-order valence-electron chi connectivity index (χ4n) is 1.56. The lowest BCUT2D eigenvalue weighted by atomic mass is 10.1. The van der Waals surface area contributed by atoms with E-state index in [1.807, 2.05) is 29.1 Å². The van der Waals surface area contributed by atoms with Crippen LogP contribution in [0.5, 0.6) is 0 Å². The summed E-state index contributed by atoms with van der Waals surface area (Å²) in [6.45, 7) is 4.38. The van der Waals surface area contributed by atoms with E-state index in [2.05, 4.69) is 18.8 Å². The van der Waals surface area contributed by atoms with E-state index in [1.165, 1.54) is 0 Å². The highest BCUT2D eigenvalue weighted by molar-refractivity contribution is 6.30. The van der Waals surface area contributed by atoms with Crippen LogP contribution in [-0.4, -0.2) is 9.38 Å². The van der Waals surface area contributed by atoms with Gasteiger partial charge in [0.2, 0.25) is 0 Å². The minimum Gasteiger partial charge on any atom is -0.306 e. The molecule has 2 aromatic heterocycles.